The van der Waals surface area contributed by atoms with Gasteiger partial charge in [-0.05, 0) is 57.2 Å². The molecule has 0 heterocycles. The molecule has 1 saturated carbocycles. The number of nitrogens with zero attached hydrogens (tertiary/aromatic N) is 1. The van der Waals surface area contributed by atoms with Crippen LogP contribution in [0.15, 0.2) is 24.3 Å². The second-order valence-corrected chi connectivity index (χ2v) is 8.82. The van der Waals surface area contributed by atoms with E-state index in [2.05, 4.69) is 12.8 Å². The van der Waals surface area contributed by atoms with E-state index in [1.54, 1.807) is 9.78 Å². The van der Waals surface area contributed by atoms with Crippen molar-refractivity contribution in [3.05, 3.63) is 35.6 Å². The van der Waals surface area contributed by atoms with Crippen molar-refractivity contribution < 1.29 is 8.60 Å². The number of halogens is 1. The second-order valence-electron chi connectivity index (χ2n) is 6.00. The number of hydrogen-bond donors (Lipinski definition) is 1. The smallest absolute Gasteiger partial charge is 0.123 e. The summed E-state index contributed by atoms with van der Waals surface area (Å²) in [4.78, 5) is 0. The van der Waals surface area contributed by atoms with Crippen LogP contribution in [-0.2, 0) is 11.0 Å². The van der Waals surface area contributed by atoms with Gasteiger partial charge >= 0.3 is 0 Å². The van der Waals surface area contributed by atoms with Crippen molar-refractivity contribution in [2.75, 3.05) is 0 Å². The van der Waals surface area contributed by atoms with Crippen molar-refractivity contribution in [1.29, 1.82) is 0 Å². The van der Waals surface area contributed by atoms with Gasteiger partial charge in [0.1, 0.15) is 16.8 Å². The number of thiol groups is 1. The minimum absolute atomic E-state index is 0.0842. The molecule has 0 aromatic heterocycles. The lowest BCUT2D eigenvalue weighted by molar-refractivity contribution is 0.447. The number of hydrogen-bond acceptors (Lipinski definition) is 2. The first kappa shape index (κ1) is 15.0. The lowest BCUT2D eigenvalue weighted by Gasteiger charge is -2.31. The van der Waals surface area contributed by atoms with E-state index in [-0.39, 0.29) is 16.6 Å². The van der Waals surface area contributed by atoms with Gasteiger partial charge in [0.25, 0.3) is 0 Å². The molecule has 106 valence electrons. The quantitative estimate of drug-likeness (QED) is 0.837. The molecule has 0 aliphatic heterocycles. The van der Waals surface area contributed by atoms with E-state index in [0.717, 1.165) is 18.4 Å². The molecule has 1 aliphatic rings. The van der Waals surface area contributed by atoms with E-state index in [1.807, 2.05) is 26.8 Å². The van der Waals surface area contributed by atoms with Gasteiger partial charge in [-0.1, -0.05) is 24.9 Å². The normalized spacial score (nSPS) is 19.5. The van der Waals surface area contributed by atoms with E-state index >= 15 is 0 Å². The zero-order valence-electron chi connectivity index (χ0n) is 11.5. The average molecular weight is 301 g/mol. The molecule has 2 atom stereocenters. The van der Waals surface area contributed by atoms with Crippen molar-refractivity contribution in [3.63, 3.8) is 0 Å². The Morgan fingerprint density at radius 2 is 2.05 bits per heavy atom. The van der Waals surface area contributed by atoms with E-state index in [1.165, 1.54) is 12.1 Å². The molecule has 19 heavy (non-hydrogen) atoms. The fourth-order valence-electron chi connectivity index (χ4n) is 2.07. The fourth-order valence-corrected chi connectivity index (χ4v) is 4.18. The maximum Gasteiger partial charge on any atom is 0.123 e. The molecule has 1 fully saturated rings. The molecular weight excluding hydrogens is 281 g/mol. The molecule has 0 N–H and O–H groups in total. The summed E-state index contributed by atoms with van der Waals surface area (Å²) in [5, 5.41) is 0. The largest absolute Gasteiger partial charge is 0.241 e. The van der Waals surface area contributed by atoms with Crippen LogP contribution in [-0.4, -0.2) is 12.7 Å². The predicted molar refractivity (Wildman–Crippen MR) is 80.6 cm³/mol. The molecule has 2 nitrogen and oxygen atoms in total. The Labute approximate surface area is 122 Å². The Kier molecular flexibility index (Phi) is 4.38. The zero-order valence-corrected chi connectivity index (χ0v) is 13.2. The first-order chi connectivity index (χ1) is 8.80. The van der Waals surface area contributed by atoms with E-state index < -0.39 is 11.0 Å². The molecule has 1 aliphatic carbocycles. The van der Waals surface area contributed by atoms with Crippen molar-refractivity contribution in [3.8, 4) is 0 Å². The highest BCUT2D eigenvalue weighted by molar-refractivity contribution is 7.96. The summed E-state index contributed by atoms with van der Waals surface area (Å²) in [5.41, 5.74) is 0.857. The molecule has 0 amide bonds. The third-order valence-corrected chi connectivity index (χ3v) is 5.50. The zero-order chi connectivity index (χ0) is 14.2. The highest BCUT2D eigenvalue weighted by Gasteiger charge is 2.40. The molecule has 1 aromatic rings. The van der Waals surface area contributed by atoms with Gasteiger partial charge in [0.05, 0.1) is 10.8 Å². The Balaban J connectivity index is 2.28. The van der Waals surface area contributed by atoms with Gasteiger partial charge in [0.2, 0.25) is 0 Å². The maximum atomic E-state index is 13.4. The highest BCUT2D eigenvalue weighted by atomic mass is 32.2. The molecule has 0 saturated heterocycles. The molecule has 0 radical (unpaired) electrons. The third kappa shape index (κ3) is 3.58. The standard InChI is InChI=1S/C14H20FNOS2/c1-14(2,3)19(17)16(18)13(10-7-8-10)11-5-4-6-12(15)9-11/h4-6,9-10,13,18H,7-8H2,1-3H3/t13-,19?/m1/s1. The summed E-state index contributed by atoms with van der Waals surface area (Å²) >= 11 is 4.45. The van der Waals surface area contributed by atoms with Crippen LogP contribution in [0, 0.1) is 11.7 Å². The van der Waals surface area contributed by atoms with Crippen LogP contribution in [0.5, 0.6) is 0 Å². The van der Waals surface area contributed by atoms with Crippen LogP contribution in [0.1, 0.15) is 45.2 Å². The van der Waals surface area contributed by atoms with Gasteiger partial charge in [-0.15, -0.1) is 0 Å². The molecular formula is C14H20FNOS2. The van der Waals surface area contributed by atoms with Gasteiger partial charge in [-0.25, -0.2) is 8.60 Å². The van der Waals surface area contributed by atoms with Crippen LogP contribution in [0.4, 0.5) is 4.39 Å². The van der Waals surface area contributed by atoms with Gasteiger partial charge in [0, 0.05) is 0 Å². The van der Waals surface area contributed by atoms with Crippen molar-refractivity contribution in [2.45, 2.75) is 44.4 Å². The molecule has 2 rings (SSSR count). The molecule has 1 aromatic carbocycles. The lowest BCUT2D eigenvalue weighted by Crippen LogP contribution is -2.35. The molecule has 0 spiro atoms. The van der Waals surface area contributed by atoms with Gasteiger partial charge < -0.3 is 0 Å². The van der Waals surface area contributed by atoms with Crippen molar-refractivity contribution in [1.82, 2.24) is 3.71 Å². The number of benzene rings is 1. The highest BCUT2D eigenvalue weighted by Crippen LogP contribution is 2.46. The van der Waals surface area contributed by atoms with Crippen LogP contribution >= 0.6 is 12.8 Å². The Hall–Kier alpha value is -0.390. The van der Waals surface area contributed by atoms with Crippen molar-refractivity contribution in [2.24, 2.45) is 5.92 Å². The SMILES string of the molecule is CC(C)(C)S(=O)N(S)[C@@H](c1cccc(F)c1)C1CC1. The van der Waals surface area contributed by atoms with Crippen LogP contribution < -0.4 is 0 Å². The van der Waals surface area contributed by atoms with Crippen LogP contribution in [0.3, 0.4) is 0 Å². The van der Waals surface area contributed by atoms with Gasteiger partial charge in [-0.3, -0.25) is 0 Å². The third-order valence-electron chi connectivity index (χ3n) is 3.19. The Morgan fingerprint density at radius 3 is 2.53 bits per heavy atom. The first-order valence-corrected chi connectivity index (χ1v) is 7.97. The predicted octanol–water partition coefficient (Wildman–Crippen LogP) is 3.89. The van der Waals surface area contributed by atoms with E-state index in [4.69, 9.17) is 0 Å². The number of rotatable bonds is 4. The summed E-state index contributed by atoms with van der Waals surface area (Å²) in [5.74, 6) is 0.164. The maximum absolute atomic E-state index is 13.4. The Bertz CT molecular complexity index is 483. The topological polar surface area (TPSA) is 20.3 Å². The van der Waals surface area contributed by atoms with Gasteiger partial charge in [-0.2, -0.15) is 3.71 Å². The van der Waals surface area contributed by atoms with Crippen LogP contribution in [0.25, 0.3) is 0 Å². The summed E-state index contributed by atoms with van der Waals surface area (Å²) in [6.45, 7) is 5.76. The Morgan fingerprint density at radius 1 is 1.42 bits per heavy atom. The average Bonchev–Trinajstić information content (AvgIpc) is 3.11. The molecule has 1 unspecified atom stereocenters. The summed E-state index contributed by atoms with van der Waals surface area (Å²) < 4.78 is 27.1. The van der Waals surface area contributed by atoms with E-state index in [0.29, 0.717) is 5.92 Å². The summed E-state index contributed by atoms with van der Waals surface area (Å²) in [6, 6.07) is 6.44. The lowest BCUT2D eigenvalue weighted by atomic mass is 10.0. The van der Waals surface area contributed by atoms with Gasteiger partial charge in [0.15, 0.2) is 0 Å². The monoisotopic (exact) mass is 301 g/mol. The minimum Gasteiger partial charge on any atom is -0.241 e. The molecule has 0 bridgehead atoms. The summed E-state index contributed by atoms with van der Waals surface area (Å²) in [7, 11) is -1.22. The minimum atomic E-state index is -1.22. The first-order valence-electron chi connectivity index (χ1n) is 6.46. The van der Waals surface area contributed by atoms with Crippen LogP contribution in [0.2, 0.25) is 0 Å². The van der Waals surface area contributed by atoms with E-state index in [9.17, 15) is 8.60 Å². The molecule has 5 heteroatoms. The second kappa shape index (κ2) is 5.54. The van der Waals surface area contributed by atoms with Crippen molar-refractivity contribution >= 4 is 23.8 Å². The summed E-state index contributed by atoms with van der Waals surface area (Å²) in [6.07, 6.45) is 2.17. The fraction of sp³-hybridized carbons (Fsp3) is 0.571.